The second kappa shape index (κ2) is 7.55. The third kappa shape index (κ3) is 5.12. The van der Waals surface area contributed by atoms with Gasteiger partial charge in [-0.1, -0.05) is 26.8 Å². The van der Waals surface area contributed by atoms with E-state index in [4.69, 9.17) is 4.74 Å². The van der Waals surface area contributed by atoms with Crippen LogP contribution in [0.5, 0.6) is 5.88 Å². The number of nitrogens with zero attached hydrogens (tertiary/aromatic N) is 1. The van der Waals surface area contributed by atoms with Gasteiger partial charge >= 0.3 is 0 Å². The Morgan fingerprint density at radius 1 is 1.43 bits per heavy atom. The molecule has 1 aromatic rings. The van der Waals surface area contributed by atoms with Crippen molar-refractivity contribution < 1.29 is 9.53 Å². The van der Waals surface area contributed by atoms with Crippen LogP contribution >= 0.6 is 0 Å². The molecule has 0 aliphatic heterocycles. The van der Waals surface area contributed by atoms with E-state index < -0.39 is 0 Å². The van der Waals surface area contributed by atoms with Gasteiger partial charge in [-0.25, -0.2) is 4.98 Å². The summed E-state index contributed by atoms with van der Waals surface area (Å²) >= 11 is 0. The molecule has 0 saturated heterocycles. The van der Waals surface area contributed by atoms with Crippen LogP contribution in [0, 0.1) is 0 Å². The summed E-state index contributed by atoms with van der Waals surface area (Å²) in [6, 6.07) is 5.02. The number of aryl methyl sites for hydroxylation is 1. The number of aromatic nitrogens is 1. The summed E-state index contributed by atoms with van der Waals surface area (Å²) < 4.78 is 5.85. The van der Waals surface area contributed by atoms with Crippen molar-refractivity contribution in [1.29, 1.82) is 0 Å². The zero-order valence-corrected chi connectivity index (χ0v) is 13.3. The molecule has 0 amide bonds. The van der Waals surface area contributed by atoms with E-state index in [-0.39, 0.29) is 6.10 Å². The summed E-state index contributed by atoms with van der Waals surface area (Å²) in [7, 11) is 0. The molecular weight excluding hydrogens is 264 g/mol. The van der Waals surface area contributed by atoms with Crippen molar-refractivity contribution in [3.05, 3.63) is 23.9 Å². The van der Waals surface area contributed by atoms with Crippen LogP contribution in [0.15, 0.2) is 18.3 Å². The Morgan fingerprint density at radius 3 is 2.76 bits per heavy atom. The zero-order chi connectivity index (χ0) is 15.2. The van der Waals surface area contributed by atoms with Gasteiger partial charge in [0, 0.05) is 37.2 Å². The van der Waals surface area contributed by atoms with Gasteiger partial charge in [0.05, 0.1) is 0 Å². The van der Waals surface area contributed by atoms with Crippen LogP contribution < -0.4 is 10.1 Å². The number of carbonyl (C=O) groups is 1. The third-order valence-electron chi connectivity index (χ3n) is 3.84. The molecule has 1 N–H and O–H groups in total. The molecular formula is C17H26N2O2. The average molecular weight is 290 g/mol. The molecule has 0 bridgehead atoms. The van der Waals surface area contributed by atoms with Crippen molar-refractivity contribution in [2.45, 2.75) is 71.1 Å². The Morgan fingerprint density at radius 2 is 2.19 bits per heavy atom. The van der Waals surface area contributed by atoms with E-state index in [0.29, 0.717) is 36.6 Å². The zero-order valence-electron chi connectivity index (χ0n) is 13.3. The van der Waals surface area contributed by atoms with E-state index in [2.05, 4.69) is 24.1 Å². The summed E-state index contributed by atoms with van der Waals surface area (Å²) in [5.74, 6) is 0.988. The van der Waals surface area contributed by atoms with E-state index in [9.17, 15) is 4.79 Å². The van der Waals surface area contributed by atoms with Gasteiger partial charge in [0.1, 0.15) is 11.9 Å². The monoisotopic (exact) mass is 290 g/mol. The smallest absolute Gasteiger partial charge is 0.213 e. The molecule has 116 valence electrons. The lowest BCUT2D eigenvalue weighted by Crippen LogP contribution is -2.49. The van der Waals surface area contributed by atoms with Crippen molar-refractivity contribution in [3.8, 4) is 5.88 Å². The molecule has 1 fully saturated rings. The summed E-state index contributed by atoms with van der Waals surface area (Å²) in [6.07, 6.45) is 6.18. The first-order valence-electron chi connectivity index (χ1n) is 7.96. The number of hydrogen-bond donors (Lipinski definition) is 1. The number of ether oxygens (including phenoxy) is 1. The molecule has 0 atom stereocenters. The Kier molecular flexibility index (Phi) is 5.74. The minimum absolute atomic E-state index is 0.279. The Bertz CT molecular complexity index is 450. The van der Waals surface area contributed by atoms with Gasteiger partial charge in [-0.2, -0.15) is 0 Å². The maximum atomic E-state index is 11.3. The fourth-order valence-electron chi connectivity index (χ4n) is 2.53. The highest BCUT2D eigenvalue weighted by Crippen LogP contribution is 2.25. The SMILES string of the molecule is CCC(=O)CCc1ccc(O[C@H]2C[C@H](NC(C)C)C2)nc1. The number of hydrogen-bond acceptors (Lipinski definition) is 4. The van der Waals surface area contributed by atoms with Crippen molar-refractivity contribution in [2.24, 2.45) is 0 Å². The van der Waals surface area contributed by atoms with Crippen molar-refractivity contribution in [3.63, 3.8) is 0 Å². The van der Waals surface area contributed by atoms with Gasteiger partial charge in [0.15, 0.2) is 0 Å². The Hall–Kier alpha value is -1.42. The lowest BCUT2D eigenvalue weighted by atomic mass is 9.89. The Balaban J connectivity index is 1.72. The van der Waals surface area contributed by atoms with Gasteiger partial charge < -0.3 is 10.1 Å². The molecule has 0 aromatic carbocycles. The molecule has 1 heterocycles. The second-order valence-electron chi connectivity index (χ2n) is 6.13. The molecule has 21 heavy (non-hydrogen) atoms. The van der Waals surface area contributed by atoms with Crippen LogP contribution in [0.1, 0.15) is 52.0 Å². The normalized spacial score (nSPS) is 21.1. The molecule has 4 heteroatoms. The predicted molar refractivity (Wildman–Crippen MR) is 83.6 cm³/mol. The highest BCUT2D eigenvalue weighted by Gasteiger charge is 2.31. The molecule has 0 spiro atoms. The summed E-state index contributed by atoms with van der Waals surface area (Å²) in [4.78, 5) is 15.6. The van der Waals surface area contributed by atoms with Gasteiger partial charge in [-0.15, -0.1) is 0 Å². The highest BCUT2D eigenvalue weighted by atomic mass is 16.5. The summed E-state index contributed by atoms with van der Waals surface area (Å²) in [5, 5.41) is 3.50. The average Bonchev–Trinajstić information content (AvgIpc) is 2.43. The maximum Gasteiger partial charge on any atom is 0.213 e. The topological polar surface area (TPSA) is 51.2 Å². The Labute approximate surface area is 127 Å². The number of rotatable bonds is 8. The van der Waals surface area contributed by atoms with Crippen LogP contribution in [0.3, 0.4) is 0 Å². The maximum absolute atomic E-state index is 11.3. The lowest BCUT2D eigenvalue weighted by molar-refractivity contribution is -0.118. The molecule has 1 aromatic heterocycles. The van der Waals surface area contributed by atoms with Crippen molar-refractivity contribution >= 4 is 5.78 Å². The number of nitrogens with one attached hydrogen (secondary N) is 1. The molecule has 4 nitrogen and oxygen atoms in total. The number of pyridine rings is 1. The van der Waals surface area contributed by atoms with E-state index in [0.717, 1.165) is 24.8 Å². The minimum Gasteiger partial charge on any atom is -0.474 e. The molecule has 2 rings (SSSR count). The largest absolute Gasteiger partial charge is 0.474 e. The number of ketones is 1. The van der Waals surface area contributed by atoms with Crippen LogP contribution in [-0.4, -0.2) is 29.0 Å². The van der Waals surface area contributed by atoms with Crippen LogP contribution in [-0.2, 0) is 11.2 Å². The molecule has 0 unspecified atom stereocenters. The first-order chi connectivity index (χ1) is 10.1. The highest BCUT2D eigenvalue weighted by molar-refractivity contribution is 5.78. The van der Waals surface area contributed by atoms with Crippen LogP contribution in [0.25, 0.3) is 0 Å². The fraction of sp³-hybridized carbons (Fsp3) is 0.647. The van der Waals surface area contributed by atoms with Crippen molar-refractivity contribution in [2.75, 3.05) is 0 Å². The quantitative estimate of drug-likeness (QED) is 0.800. The first-order valence-corrected chi connectivity index (χ1v) is 7.96. The van der Waals surface area contributed by atoms with E-state index in [1.54, 1.807) is 0 Å². The second-order valence-corrected chi connectivity index (χ2v) is 6.13. The summed E-state index contributed by atoms with van der Waals surface area (Å²) in [5.41, 5.74) is 1.09. The van der Waals surface area contributed by atoms with Crippen LogP contribution in [0.2, 0.25) is 0 Å². The lowest BCUT2D eigenvalue weighted by Gasteiger charge is -2.36. The molecule has 0 radical (unpaired) electrons. The van der Waals surface area contributed by atoms with Gasteiger partial charge in [0.2, 0.25) is 5.88 Å². The van der Waals surface area contributed by atoms with Gasteiger partial charge in [-0.05, 0) is 24.8 Å². The van der Waals surface area contributed by atoms with E-state index in [1.165, 1.54) is 0 Å². The van der Waals surface area contributed by atoms with Gasteiger partial charge in [0.25, 0.3) is 0 Å². The predicted octanol–water partition coefficient (Wildman–Crippen LogP) is 2.90. The molecule has 1 aliphatic carbocycles. The van der Waals surface area contributed by atoms with E-state index >= 15 is 0 Å². The van der Waals surface area contributed by atoms with Crippen molar-refractivity contribution in [1.82, 2.24) is 10.3 Å². The number of Topliss-reactive ketones (excluding diaryl/α,β-unsaturated/α-hetero) is 1. The first kappa shape index (κ1) is 16.0. The van der Waals surface area contributed by atoms with E-state index in [1.807, 2.05) is 25.3 Å². The molecule has 1 aliphatic rings. The fourth-order valence-corrected chi connectivity index (χ4v) is 2.53. The number of carbonyl (C=O) groups excluding carboxylic acids is 1. The standard InChI is InChI=1S/C17H26N2O2/c1-4-15(20)7-5-13-6-8-17(18-11-13)21-16-9-14(10-16)19-12(2)3/h6,8,11-12,14,16,19H,4-5,7,9-10H2,1-3H3/t14-,16-. The molecule has 1 saturated carbocycles. The minimum atomic E-state index is 0.279. The third-order valence-corrected chi connectivity index (χ3v) is 3.84. The van der Waals surface area contributed by atoms with Gasteiger partial charge in [-0.3, -0.25) is 4.79 Å². The summed E-state index contributed by atoms with van der Waals surface area (Å²) in [6.45, 7) is 6.23. The van der Waals surface area contributed by atoms with Crippen LogP contribution in [0.4, 0.5) is 0 Å².